The van der Waals surface area contributed by atoms with Gasteiger partial charge in [-0.1, -0.05) is 18.2 Å². The van der Waals surface area contributed by atoms with Gasteiger partial charge in [0.2, 0.25) is 0 Å². The van der Waals surface area contributed by atoms with Gasteiger partial charge in [-0.25, -0.2) is 0 Å². The summed E-state index contributed by atoms with van der Waals surface area (Å²) in [5, 5.41) is 3.46. The molecule has 3 aliphatic rings. The molecule has 0 saturated carbocycles. The van der Waals surface area contributed by atoms with Crippen molar-refractivity contribution in [1.29, 1.82) is 0 Å². The molecule has 1 aromatic carbocycles. The van der Waals surface area contributed by atoms with Gasteiger partial charge in [-0.05, 0) is 37.3 Å². The van der Waals surface area contributed by atoms with Gasteiger partial charge in [0.05, 0.1) is 5.92 Å². The average Bonchev–Trinajstić information content (AvgIpc) is 2.47. The Morgan fingerprint density at radius 1 is 1.16 bits per heavy atom. The van der Waals surface area contributed by atoms with Gasteiger partial charge in [0.1, 0.15) is 5.75 Å². The lowest BCUT2D eigenvalue weighted by atomic mass is 9.72. The SMILES string of the molecule is O=C1Oc2ccccc2C2C3=C(CCCC3)NCC12. The van der Waals surface area contributed by atoms with Crippen LogP contribution < -0.4 is 10.1 Å². The third kappa shape index (κ3) is 1.61. The molecular weight excluding hydrogens is 238 g/mol. The van der Waals surface area contributed by atoms with Gasteiger partial charge in [-0.2, -0.15) is 0 Å². The molecule has 2 atom stereocenters. The van der Waals surface area contributed by atoms with Crippen LogP contribution in [-0.4, -0.2) is 12.5 Å². The van der Waals surface area contributed by atoms with Crippen molar-refractivity contribution in [2.45, 2.75) is 31.6 Å². The Bertz CT molecular complexity index is 576. The van der Waals surface area contributed by atoms with Crippen molar-refractivity contribution in [3.8, 4) is 5.75 Å². The molecule has 0 fully saturated rings. The average molecular weight is 255 g/mol. The molecule has 2 unspecified atom stereocenters. The lowest BCUT2D eigenvalue weighted by Gasteiger charge is -2.40. The topological polar surface area (TPSA) is 38.3 Å². The molecule has 2 aliphatic heterocycles. The second-order valence-corrected chi connectivity index (χ2v) is 5.63. The largest absolute Gasteiger partial charge is 0.426 e. The molecule has 0 amide bonds. The number of benzene rings is 1. The zero-order valence-corrected chi connectivity index (χ0v) is 10.8. The van der Waals surface area contributed by atoms with E-state index in [2.05, 4.69) is 11.4 Å². The van der Waals surface area contributed by atoms with E-state index in [4.69, 9.17) is 4.74 Å². The molecule has 2 heterocycles. The third-order valence-corrected chi connectivity index (χ3v) is 4.59. The molecule has 98 valence electrons. The molecule has 0 saturated heterocycles. The smallest absolute Gasteiger partial charge is 0.317 e. The van der Waals surface area contributed by atoms with Crippen LogP contribution in [0.2, 0.25) is 0 Å². The number of hydrogen-bond donors (Lipinski definition) is 1. The Balaban J connectivity index is 1.88. The number of rotatable bonds is 0. The summed E-state index contributed by atoms with van der Waals surface area (Å²) in [5.74, 6) is 0.877. The molecule has 1 aliphatic carbocycles. The zero-order valence-electron chi connectivity index (χ0n) is 10.8. The van der Waals surface area contributed by atoms with Crippen molar-refractivity contribution in [3.63, 3.8) is 0 Å². The number of esters is 1. The molecule has 0 bridgehead atoms. The van der Waals surface area contributed by atoms with Crippen LogP contribution >= 0.6 is 0 Å². The predicted octanol–water partition coefficient (Wildman–Crippen LogP) is 2.74. The summed E-state index contributed by atoms with van der Waals surface area (Å²) < 4.78 is 5.48. The maximum atomic E-state index is 12.2. The fourth-order valence-corrected chi connectivity index (χ4v) is 3.71. The van der Waals surface area contributed by atoms with E-state index in [1.54, 1.807) is 0 Å². The fourth-order valence-electron chi connectivity index (χ4n) is 3.71. The van der Waals surface area contributed by atoms with Crippen molar-refractivity contribution >= 4 is 5.97 Å². The number of hydrogen-bond acceptors (Lipinski definition) is 3. The molecule has 1 aromatic rings. The Morgan fingerprint density at radius 2 is 2.00 bits per heavy atom. The molecule has 3 nitrogen and oxygen atoms in total. The van der Waals surface area contributed by atoms with Crippen LogP contribution in [-0.2, 0) is 4.79 Å². The van der Waals surface area contributed by atoms with E-state index in [-0.39, 0.29) is 17.8 Å². The molecular formula is C16H17NO2. The highest BCUT2D eigenvalue weighted by atomic mass is 16.5. The highest BCUT2D eigenvalue weighted by Crippen LogP contribution is 2.47. The van der Waals surface area contributed by atoms with Gasteiger partial charge in [0.15, 0.2) is 0 Å². The molecule has 0 spiro atoms. The molecule has 1 N–H and O–H groups in total. The zero-order chi connectivity index (χ0) is 12.8. The number of nitrogens with one attached hydrogen (secondary N) is 1. The normalized spacial score (nSPS) is 28.7. The minimum atomic E-state index is -0.0756. The van der Waals surface area contributed by atoms with Gasteiger partial charge in [0, 0.05) is 23.7 Å². The van der Waals surface area contributed by atoms with Crippen LogP contribution in [0.5, 0.6) is 5.75 Å². The second-order valence-electron chi connectivity index (χ2n) is 5.63. The van der Waals surface area contributed by atoms with Gasteiger partial charge in [-0.15, -0.1) is 0 Å². The van der Waals surface area contributed by atoms with E-state index in [0.29, 0.717) is 0 Å². The third-order valence-electron chi connectivity index (χ3n) is 4.59. The van der Waals surface area contributed by atoms with E-state index in [1.165, 1.54) is 29.7 Å². The summed E-state index contributed by atoms with van der Waals surface area (Å²) in [4.78, 5) is 12.2. The van der Waals surface area contributed by atoms with Gasteiger partial charge in [-0.3, -0.25) is 4.79 Å². The van der Waals surface area contributed by atoms with Crippen LogP contribution in [0.25, 0.3) is 0 Å². The Labute approximate surface area is 112 Å². The number of carbonyl (C=O) groups is 1. The molecule has 0 radical (unpaired) electrons. The molecule has 4 rings (SSSR count). The first-order chi connectivity index (χ1) is 9.34. The van der Waals surface area contributed by atoms with Gasteiger partial charge >= 0.3 is 5.97 Å². The number of para-hydroxylation sites is 1. The predicted molar refractivity (Wildman–Crippen MR) is 71.8 cm³/mol. The monoisotopic (exact) mass is 255 g/mol. The summed E-state index contributed by atoms with van der Waals surface area (Å²) in [6.07, 6.45) is 4.75. The highest BCUT2D eigenvalue weighted by molar-refractivity contribution is 5.81. The quantitative estimate of drug-likeness (QED) is 0.572. The summed E-state index contributed by atoms with van der Waals surface area (Å²) in [7, 11) is 0. The standard InChI is InChI=1S/C16H17NO2/c18-16-12-9-17-13-7-3-1-5-10(13)15(12)11-6-2-4-8-14(11)19-16/h2,4,6,8,12,15,17H,1,3,5,7,9H2. The Hall–Kier alpha value is -1.77. The number of ether oxygens (including phenoxy) is 1. The maximum Gasteiger partial charge on any atom is 0.317 e. The van der Waals surface area contributed by atoms with E-state index < -0.39 is 0 Å². The first-order valence-electron chi connectivity index (χ1n) is 7.11. The lowest BCUT2D eigenvalue weighted by molar-refractivity contribution is -0.140. The van der Waals surface area contributed by atoms with Gasteiger partial charge in [0.25, 0.3) is 0 Å². The molecule has 19 heavy (non-hydrogen) atoms. The second kappa shape index (κ2) is 4.12. The summed E-state index contributed by atoms with van der Waals surface area (Å²) in [6, 6.07) is 8.00. The number of carbonyl (C=O) groups excluding carboxylic acids is 1. The van der Waals surface area contributed by atoms with Crippen LogP contribution in [0, 0.1) is 5.92 Å². The maximum absolute atomic E-state index is 12.2. The van der Waals surface area contributed by atoms with Gasteiger partial charge < -0.3 is 10.1 Å². The fraction of sp³-hybridized carbons (Fsp3) is 0.438. The van der Waals surface area contributed by atoms with Crippen molar-refractivity contribution in [1.82, 2.24) is 5.32 Å². The van der Waals surface area contributed by atoms with Crippen molar-refractivity contribution < 1.29 is 9.53 Å². The van der Waals surface area contributed by atoms with Crippen LogP contribution in [0.4, 0.5) is 0 Å². The van der Waals surface area contributed by atoms with E-state index in [1.807, 2.05) is 18.2 Å². The van der Waals surface area contributed by atoms with Crippen molar-refractivity contribution in [2.75, 3.05) is 6.54 Å². The Kier molecular flexibility index (Phi) is 2.40. The minimum absolute atomic E-state index is 0.0493. The first kappa shape index (κ1) is 11.1. The number of fused-ring (bicyclic) bond motifs is 4. The van der Waals surface area contributed by atoms with Crippen molar-refractivity contribution in [3.05, 3.63) is 41.1 Å². The first-order valence-corrected chi connectivity index (χ1v) is 7.11. The summed E-state index contributed by atoms with van der Waals surface area (Å²) >= 11 is 0. The summed E-state index contributed by atoms with van der Waals surface area (Å²) in [5.41, 5.74) is 4.03. The highest BCUT2D eigenvalue weighted by Gasteiger charge is 2.43. The van der Waals surface area contributed by atoms with Crippen LogP contribution in [0.15, 0.2) is 35.5 Å². The van der Waals surface area contributed by atoms with Crippen LogP contribution in [0.3, 0.4) is 0 Å². The molecule has 3 heteroatoms. The lowest BCUT2D eigenvalue weighted by Crippen LogP contribution is -2.44. The summed E-state index contributed by atoms with van der Waals surface area (Å²) in [6.45, 7) is 0.719. The Morgan fingerprint density at radius 3 is 2.95 bits per heavy atom. The van der Waals surface area contributed by atoms with E-state index in [9.17, 15) is 4.79 Å². The minimum Gasteiger partial charge on any atom is -0.426 e. The van der Waals surface area contributed by atoms with Crippen LogP contribution in [0.1, 0.15) is 37.2 Å². The van der Waals surface area contributed by atoms with E-state index >= 15 is 0 Å². The molecule has 0 aromatic heterocycles. The van der Waals surface area contributed by atoms with Crippen molar-refractivity contribution in [2.24, 2.45) is 5.92 Å². The van der Waals surface area contributed by atoms with E-state index in [0.717, 1.165) is 25.1 Å². The number of allylic oxidation sites excluding steroid dienone is 2.